The Balaban J connectivity index is 1.65. The molecule has 4 heteroatoms. The first-order chi connectivity index (χ1) is 12.8. The average molecular weight is 389 g/mol. The molecule has 3 rings (SSSR count). The Morgan fingerprint density at radius 3 is 2.21 bits per heavy atom. The fourth-order valence-corrected chi connectivity index (χ4v) is 5.48. The van der Waals surface area contributed by atoms with Crippen molar-refractivity contribution in [2.24, 2.45) is 0 Å². The third kappa shape index (κ3) is 4.33. The van der Waals surface area contributed by atoms with Gasteiger partial charge >= 0.3 is 0 Å². The van der Waals surface area contributed by atoms with E-state index >= 15 is 0 Å². The summed E-state index contributed by atoms with van der Waals surface area (Å²) in [6.07, 6.45) is 5.25. The molecule has 0 radical (unpaired) electrons. The first-order valence-corrected chi connectivity index (χ1v) is 10.9. The Hall–Kier alpha value is -1.26. The molecule has 4 nitrogen and oxygen atoms in total. The zero-order valence-corrected chi connectivity index (χ0v) is 19.2. The van der Waals surface area contributed by atoms with E-state index in [2.05, 4.69) is 52.2 Å². The Bertz CT molecular complexity index is 738. The zero-order valence-electron chi connectivity index (χ0n) is 19.2. The number of phenols is 1. The quantitative estimate of drug-likeness (QED) is 0.700. The third-order valence-corrected chi connectivity index (χ3v) is 6.87. The minimum atomic E-state index is -0.154. The van der Waals surface area contributed by atoms with Crippen LogP contribution in [0.4, 0.5) is 0 Å². The third-order valence-electron chi connectivity index (χ3n) is 6.87. The molecule has 28 heavy (non-hydrogen) atoms. The molecule has 3 N–H and O–H groups in total. The highest BCUT2D eigenvalue weighted by Crippen LogP contribution is 2.44. The van der Waals surface area contributed by atoms with E-state index in [0.717, 1.165) is 61.1 Å². The van der Waals surface area contributed by atoms with Crippen LogP contribution < -0.4 is 15.4 Å². The van der Waals surface area contributed by atoms with E-state index in [0.29, 0.717) is 11.8 Å². The van der Waals surface area contributed by atoms with Crippen molar-refractivity contribution in [3.05, 3.63) is 22.3 Å². The van der Waals surface area contributed by atoms with Gasteiger partial charge in [-0.2, -0.15) is 0 Å². The molecule has 0 amide bonds. The highest BCUT2D eigenvalue weighted by molar-refractivity contribution is 5.58. The minimum absolute atomic E-state index is 0.154. The number of fused-ring (bicyclic) bond motifs is 1. The smallest absolute Gasteiger partial charge is 0.127 e. The van der Waals surface area contributed by atoms with Gasteiger partial charge in [-0.1, -0.05) is 0 Å². The SMILES string of the molecule is Cc1c(C)c2c(c(C)c1O)CCC(C)(CCNC1CC(C)(C)NC(C)(C)C1)O2. The number of hydrogen-bond acceptors (Lipinski definition) is 4. The van der Waals surface area contributed by atoms with Gasteiger partial charge < -0.3 is 20.5 Å². The van der Waals surface area contributed by atoms with Crippen molar-refractivity contribution in [1.82, 2.24) is 10.6 Å². The summed E-state index contributed by atoms with van der Waals surface area (Å²) in [7, 11) is 0. The maximum absolute atomic E-state index is 10.4. The van der Waals surface area contributed by atoms with Gasteiger partial charge in [0.25, 0.3) is 0 Å². The van der Waals surface area contributed by atoms with E-state index in [9.17, 15) is 5.11 Å². The van der Waals surface area contributed by atoms with Crippen LogP contribution in [-0.4, -0.2) is 34.4 Å². The second-order valence-corrected chi connectivity index (χ2v) is 10.8. The molecule has 1 unspecified atom stereocenters. The summed E-state index contributed by atoms with van der Waals surface area (Å²) >= 11 is 0. The lowest BCUT2D eigenvalue weighted by Gasteiger charge is -2.47. The van der Waals surface area contributed by atoms with E-state index in [-0.39, 0.29) is 16.7 Å². The number of rotatable bonds is 4. The molecule has 0 bridgehead atoms. The monoisotopic (exact) mass is 388 g/mol. The molecule has 1 atom stereocenters. The lowest BCUT2D eigenvalue weighted by molar-refractivity contribution is 0.0523. The van der Waals surface area contributed by atoms with E-state index in [1.54, 1.807) is 0 Å². The first-order valence-electron chi connectivity index (χ1n) is 10.9. The Labute approximate surface area is 171 Å². The molecule has 1 aromatic carbocycles. The Morgan fingerprint density at radius 2 is 1.61 bits per heavy atom. The van der Waals surface area contributed by atoms with Gasteiger partial charge in [-0.15, -0.1) is 0 Å². The highest BCUT2D eigenvalue weighted by atomic mass is 16.5. The number of hydrogen-bond donors (Lipinski definition) is 3. The van der Waals surface area contributed by atoms with Gasteiger partial charge in [-0.05, 0) is 111 Å². The van der Waals surface area contributed by atoms with Crippen LogP contribution >= 0.6 is 0 Å². The van der Waals surface area contributed by atoms with Gasteiger partial charge in [0.15, 0.2) is 0 Å². The maximum Gasteiger partial charge on any atom is 0.127 e. The minimum Gasteiger partial charge on any atom is -0.507 e. The van der Waals surface area contributed by atoms with Crippen molar-refractivity contribution >= 4 is 0 Å². The summed E-state index contributed by atoms with van der Waals surface area (Å²) in [5, 5.41) is 17.9. The summed E-state index contributed by atoms with van der Waals surface area (Å²) in [5.41, 5.74) is 4.37. The number of nitrogens with one attached hydrogen (secondary N) is 2. The zero-order chi connectivity index (χ0) is 20.9. The standard InChI is InChI=1S/C24H40N2O2/c1-15-16(2)21-19(17(3)20(15)27)9-10-24(8,28-21)11-12-25-18-13-22(4,5)26-23(6,7)14-18/h18,25-27H,9-14H2,1-8H3. The second-order valence-electron chi connectivity index (χ2n) is 10.8. The van der Waals surface area contributed by atoms with Crippen LogP contribution in [0.25, 0.3) is 0 Å². The topological polar surface area (TPSA) is 53.5 Å². The summed E-state index contributed by atoms with van der Waals surface area (Å²) in [5.74, 6) is 1.44. The van der Waals surface area contributed by atoms with Crippen molar-refractivity contribution in [3.8, 4) is 11.5 Å². The lowest BCUT2D eigenvalue weighted by Crippen LogP contribution is -2.61. The Morgan fingerprint density at radius 1 is 1.00 bits per heavy atom. The van der Waals surface area contributed by atoms with Gasteiger partial charge in [0.1, 0.15) is 17.1 Å². The average Bonchev–Trinajstić information content (AvgIpc) is 2.55. The predicted octanol–water partition coefficient (Wildman–Crippen LogP) is 4.69. The molecule has 1 aromatic rings. The lowest BCUT2D eigenvalue weighted by atomic mass is 9.79. The molecule has 2 heterocycles. The van der Waals surface area contributed by atoms with Gasteiger partial charge in [0.05, 0.1) is 0 Å². The molecule has 1 saturated heterocycles. The van der Waals surface area contributed by atoms with E-state index in [1.165, 1.54) is 5.56 Å². The van der Waals surface area contributed by atoms with Gasteiger partial charge in [-0.3, -0.25) is 0 Å². The molecular formula is C24H40N2O2. The van der Waals surface area contributed by atoms with Crippen LogP contribution in [0.2, 0.25) is 0 Å². The fourth-order valence-electron chi connectivity index (χ4n) is 5.48. The van der Waals surface area contributed by atoms with Crippen molar-refractivity contribution < 1.29 is 9.84 Å². The molecule has 2 aliphatic heterocycles. The summed E-state index contributed by atoms with van der Waals surface area (Å²) in [6, 6.07) is 0.536. The molecule has 0 spiro atoms. The van der Waals surface area contributed by atoms with Crippen molar-refractivity contribution in [2.75, 3.05) is 6.54 Å². The number of phenolic OH excluding ortho intramolecular Hbond substituents is 1. The Kier molecular flexibility index (Phi) is 5.52. The number of piperidine rings is 1. The van der Waals surface area contributed by atoms with Gasteiger partial charge in [-0.25, -0.2) is 0 Å². The maximum atomic E-state index is 10.4. The van der Waals surface area contributed by atoms with Gasteiger partial charge in [0, 0.05) is 22.7 Å². The molecular weight excluding hydrogens is 348 g/mol. The number of benzene rings is 1. The van der Waals surface area contributed by atoms with Crippen LogP contribution in [0.5, 0.6) is 11.5 Å². The predicted molar refractivity (Wildman–Crippen MR) is 117 cm³/mol. The van der Waals surface area contributed by atoms with Crippen molar-refractivity contribution in [3.63, 3.8) is 0 Å². The number of ether oxygens (including phenoxy) is 1. The van der Waals surface area contributed by atoms with Crippen LogP contribution in [0.15, 0.2) is 0 Å². The summed E-state index contributed by atoms with van der Waals surface area (Å²) in [6.45, 7) is 18.5. The second kappa shape index (κ2) is 7.21. The molecule has 0 saturated carbocycles. The van der Waals surface area contributed by atoms with E-state index < -0.39 is 0 Å². The molecule has 0 aliphatic carbocycles. The van der Waals surface area contributed by atoms with Crippen LogP contribution in [0.1, 0.15) is 82.6 Å². The molecule has 0 aromatic heterocycles. The summed E-state index contributed by atoms with van der Waals surface area (Å²) in [4.78, 5) is 0. The summed E-state index contributed by atoms with van der Waals surface area (Å²) < 4.78 is 6.57. The molecule has 1 fully saturated rings. The van der Waals surface area contributed by atoms with Crippen molar-refractivity contribution in [1.29, 1.82) is 0 Å². The normalized spacial score (nSPS) is 26.6. The van der Waals surface area contributed by atoms with Crippen LogP contribution in [0, 0.1) is 20.8 Å². The van der Waals surface area contributed by atoms with Crippen molar-refractivity contribution in [2.45, 2.75) is 110 Å². The first kappa shape index (κ1) is 21.4. The van der Waals surface area contributed by atoms with E-state index in [1.807, 2.05) is 13.8 Å². The highest BCUT2D eigenvalue weighted by Gasteiger charge is 2.38. The van der Waals surface area contributed by atoms with E-state index in [4.69, 9.17) is 4.74 Å². The van der Waals surface area contributed by atoms with Gasteiger partial charge in [0.2, 0.25) is 0 Å². The largest absolute Gasteiger partial charge is 0.507 e. The van der Waals surface area contributed by atoms with Crippen LogP contribution in [-0.2, 0) is 6.42 Å². The molecule has 158 valence electrons. The molecule has 2 aliphatic rings. The fraction of sp³-hybridized carbons (Fsp3) is 0.750. The van der Waals surface area contributed by atoms with Crippen LogP contribution in [0.3, 0.4) is 0 Å². The number of aromatic hydroxyl groups is 1.